The molecule has 2 rings (SSSR count). The van der Waals surface area contributed by atoms with Gasteiger partial charge in [-0.1, -0.05) is 0 Å². The number of nitrogens with one attached hydrogen (secondary N) is 1. The number of amides is 1. The van der Waals surface area contributed by atoms with Gasteiger partial charge in [-0.05, 0) is 18.4 Å². The van der Waals surface area contributed by atoms with Gasteiger partial charge in [-0.25, -0.2) is 4.98 Å². The highest BCUT2D eigenvalue weighted by molar-refractivity contribution is 7.98. The molecule has 1 amide bonds. The number of imidazole rings is 1. The monoisotopic (exact) mass is 306 g/mol. The SMILES string of the molecule is CSc1ccc([N+](=O)[O-])c(C(=O)N(C)Cc2ncc[nH]2)c1. The fraction of sp³-hybridized carbons (Fsp3) is 0.231. The van der Waals surface area contributed by atoms with Crippen LogP contribution in [0.15, 0.2) is 35.5 Å². The lowest BCUT2D eigenvalue weighted by molar-refractivity contribution is -0.385. The molecule has 8 heteroatoms. The largest absolute Gasteiger partial charge is 0.347 e. The lowest BCUT2D eigenvalue weighted by Crippen LogP contribution is -2.27. The van der Waals surface area contributed by atoms with Crippen LogP contribution in [0.3, 0.4) is 0 Å². The third-order valence-electron chi connectivity index (χ3n) is 2.92. The minimum Gasteiger partial charge on any atom is -0.347 e. The summed E-state index contributed by atoms with van der Waals surface area (Å²) < 4.78 is 0. The van der Waals surface area contributed by atoms with Crippen molar-refractivity contribution in [1.82, 2.24) is 14.9 Å². The molecule has 2 aromatic rings. The molecular formula is C13H14N4O3S. The molecule has 0 aliphatic carbocycles. The number of aromatic amines is 1. The summed E-state index contributed by atoms with van der Waals surface area (Å²) in [5, 5.41) is 11.1. The topological polar surface area (TPSA) is 92.1 Å². The highest BCUT2D eigenvalue weighted by Crippen LogP contribution is 2.26. The van der Waals surface area contributed by atoms with Crippen molar-refractivity contribution in [2.45, 2.75) is 11.4 Å². The van der Waals surface area contributed by atoms with Gasteiger partial charge in [-0.3, -0.25) is 14.9 Å². The normalized spacial score (nSPS) is 10.4. The zero-order chi connectivity index (χ0) is 15.4. The molecule has 0 bridgehead atoms. The number of rotatable bonds is 5. The molecule has 0 aliphatic rings. The van der Waals surface area contributed by atoms with E-state index in [-0.39, 0.29) is 17.8 Å². The van der Waals surface area contributed by atoms with E-state index in [0.29, 0.717) is 5.82 Å². The van der Waals surface area contributed by atoms with Gasteiger partial charge in [0.25, 0.3) is 11.6 Å². The van der Waals surface area contributed by atoms with Crippen molar-refractivity contribution in [2.24, 2.45) is 0 Å². The fourth-order valence-electron chi connectivity index (χ4n) is 1.86. The molecule has 0 atom stereocenters. The first-order chi connectivity index (χ1) is 10.0. The number of aromatic nitrogens is 2. The van der Waals surface area contributed by atoms with Crippen LogP contribution in [0.2, 0.25) is 0 Å². The number of nitrogens with zero attached hydrogens (tertiary/aromatic N) is 3. The van der Waals surface area contributed by atoms with Crippen molar-refractivity contribution in [3.8, 4) is 0 Å². The average Bonchev–Trinajstić information content (AvgIpc) is 2.98. The molecular weight excluding hydrogens is 292 g/mol. The molecule has 21 heavy (non-hydrogen) atoms. The molecule has 7 nitrogen and oxygen atoms in total. The van der Waals surface area contributed by atoms with E-state index in [2.05, 4.69) is 9.97 Å². The highest BCUT2D eigenvalue weighted by Gasteiger charge is 2.23. The molecule has 1 aromatic carbocycles. The number of nitro benzene ring substituents is 1. The molecule has 0 saturated heterocycles. The van der Waals surface area contributed by atoms with E-state index in [0.717, 1.165) is 4.90 Å². The van der Waals surface area contributed by atoms with Crippen molar-refractivity contribution in [2.75, 3.05) is 13.3 Å². The summed E-state index contributed by atoms with van der Waals surface area (Å²) in [5.41, 5.74) is -0.106. The molecule has 0 unspecified atom stereocenters. The Morgan fingerprint density at radius 1 is 1.52 bits per heavy atom. The Bertz CT molecular complexity index is 657. The Morgan fingerprint density at radius 3 is 2.86 bits per heavy atom. The van der Waals surface area contributed by atoms with Crippen molar-refractivity contribution in [3.63, 3.8) is 0 Å². The first-order valence-electron chi connectivity index (χ1n) is 6.09. The maximum Gasteiger partial charge on any atom is 0.282 e. The van der Waals surface area contributed by atoms with E-state index in [1.807, 2.05) is 6.26 Å². The summed E-state index contributed by atoms with van der Waals surface area (Å²) in [6.45, 7) is 0.256. The van der Waals surface area contributed by atoms with Gasteiger partial charge < -0.3 is 9.88 Å². The number of carbonyl (C=O) groups excluding carboxylic acids is 1. The third-order valence-corrected chi connectivity index (χ3v) is 3.64. The number of benzene rings is 1. The molecule has 110 valence electrons. The molecule has 0 aliphatic heterocycles. The smallest absolute Gasteiger partial charge is 0.282 e. The van der Waals surface area contributed by atoms with Gasteiger partial charge in [0.05, 0.1) is 11.5 Å². The zero-order valence-corrected chi connectivity index (χ0v) is 12.4. The second-order valence-electron chi connectivity index (χ2n) is 4.34. The molecule has 1 heterocycles. The Labute approximate surface area is 125 Å². The van der Waals surface area contributed by atoms with Crippen LogP contribution in [-0.2, 0) is 6.54 Å². The highest BCUT2D eigenvalue weighted by atomic mass is 32.2. The summed E-state index contributed by atoms with van der Waals surface area (Å²) in [5.74, 6) is 0.212. The lowest BCUT2D eigenvalue weighted by Gasteiger charge is -2.16. The van der Waals surface area contributed by atoms with Crippen LogP contribution >= 0.6 is 11.8 Å². The Kier molecular flexibility index (Phi) is 4.59. The van der Waals surface area contributed by atoms with E-state index in [1.165, 1.54) is 22.7 Å². The number of carbonyl (C=O) groups is 1. The number of hydrogen-bond donors (Lipinski definition) is 1. The maximum atomic E-state index is 12.4. The minimum atomic E-state index is -0.544. The summed E-state index contributed by atoms with van der Waals surface area (Å²) in [6.07, 6.45) is 5.09. The fourth-order valence-corrected chi connectivity index (χ4v) is 2.30. The summed E-state index contributed by atoms with van der Waals surface area (Å²) in [4.78, 5) is 32.1. The Morgan fingerprint density at radius 2 is 2.29 bits per heavy atom. The van der Waals surface area contributed by atoms with Crippen molar-refractivity contribution in [1.29, 1.82) is 0 Å². The van der Waals surface area contributed by atoms with Crippen LogP contribution < -0.4 is 0 Å². The van der Waals surface area contributed by atoms with Crippen LogP contribution in [0.1, 0.15) is 16.2 Å². The average molecular weight is 306 g/mol. The molecule has 1 aromatic heterocycles. The second-order valence-corrected chi connectivity index (χ2v) is 5.22. The van der Waals surface area contributed by atoms with Crippen molar-refractivity contribution >= 4 is 23.4 Å². The standard InChI is InChI=1S/C13H14N4O3S/c1-16(8-12-14-5-6-15-12)13(18)10-7-9(21-2)3-4-11(10)17(19)20/h3-7H,8H2,1-2H3,(H,14,15). The van der Waals surface area contributed by atoms with Gasteiger partial charge in [-0.15, -0.1) is 11.8 Å². The molecule has 0 saturated carbocycles. The maximum absolute atomic E-state index is 12.4. The Hall–Kier alpha value is -2.35. The zero-order valence-electron chi connectivity index (χ0n) is 11.6. The van der Waals surface area contributed by atoms with Gasteiger partial charge in [0.15, 0.2) is 0 Å². The van der Waals surface area contributed by atoms with E-state index in [1.54, 1.807) is 31.6 Å². The minimum absolute atomic E-state index is 0.0842. The number of H-pyrrole nitrogens is 1. The van der Waals surface area contributed by atoms with Crippen LogP contribution in [-0.4, -0.2) is 39.0 Å². The predicted molar refractivity (Wildman–Crippen MR) is 79.3 cm³/mol. The number of nitro groups is 1. The summed E-state index contributed by atoms with van der Waals surface area (Å²) >= 11 is 1.43. The molecule has 0 spiro atoms. The summed E-state index contributed by atoms with van der Waals surface area (Å²) in [6, 6.07) is 4.54. The van der Waals surface area contributed by atoms with Gasteiger partial charge in [0.2, 0.25) is 0 Å². The first kappa shape index (κ1) is 15.0. The van der Waals surface area contributed by atoms with Crippen molar-refractivity contribution < 1.29 is 9.72 Å². The van der Waals surface area contributed by atoms with Gasteiger partial charge in [0.1, 0.15) is 11.4 Å². The first-order valence-corrected chi connectivity index (χ1v) is 7.31. The van der Waals surface area contributed by atoms with Crippen molar-refractivity contribution in [3.05, 3.63) is 52.1 Å². The molecule has 0 fully saturated rings. The van der Waals surface area contributed by atoms with Crippen LogP contribution in [0.5, 0.6) is 0 Å². The number of hydrogen-bond acceptors (Lipinski definition) is 5. The van der Waals surface area contributed by atoms with E-state index in [4.69, 9.17) is 0 Å². The van der Waals surface area contributed by atoms with Gasteiger partial charge in [0, 0.05) is 30.4 Å². The molecule has 0 radical (unpaired) electrons. The second kappa shape index (κ2) is 6.40. The lowest BCUT2D eigenvalue weighted by atomic mass is 10.1. The molecule has 1 N–H and O–H groups in total. The van der Waals surface area contributed by atoms with E-state index >= 15 is 0 Å². The van der Waals surface area contributed by atoms with Crippen LogP contribution in [0.4, 0.5) is 5.69 Å². The third kappa shape index (κ3) is 3.40. The Balaban J connectivity index is 2.30. The quantitative estimate of drug-likeness (QED) is 0.520. The summed E-state index contributed by atoms with van der Waals surface area (Å²) in [7, 11) is 1.58. The van der Waals surface area contributed by atoms with Crippen LogP contribution in [0.25, 0.3) is 0 Å². The van der Waals surface area contributed by atoms with E-state index < -0.39 is 10.8 Å². The number of thioether (sulfide) groups is 1. The van der Waals surface area contributed by atoms with Crippen LogP contribution in [0, 0.1) is 10.1 Å². The van der Waals surface area contributed by atoms with E-state index in [9.17, 15) is 14.9 Å². The van der Waals surface area contributed by atoms with Gasteiger partial charge in [-0.2, -0.15) is 0 Å². The van der Waals surface area contributed by atoms with Gasteiger partial charge >= 0.3 is 0 Å². The predicted octanol–water partition coefficient (Wildman–Crippen LogP) is 2.31.